The number of nitrogens with one attached hydrogen (secondary N) is 1. The molecule has 3 nitrogen and oxygen atoms in total. The lowest BCUT2D eigenvalue weighted by atomic mass is 10.1. The van der Waals surface area contributed by atoms with Gasteiger partial charge in [-0.2, -0.15) is 0 Å². The second-order valence-corrected chi connectivity index (χ2v) is 5.83. The maximum Gasteiger partial charge on any atom is 0.0678 e. The molecular weight excluding hydrogens is 212 g/mol. The molecule has 4 atom stereocenters. The minimum Gasteiger partial charge on any atom is -0.373 e. The number of hydrogen-bond acceptors (Lipinski definition) is 3. The first-order valence-corrected chi connectivity index (χ1v) is 7.32. The van der Waals surface area contributed by atoms with Gasteiger partial charge in [-0.25, -0.2) is 0 Å². The van der Waals surface area contributed by atoms with Crippen molar-refractivity contribution in [1.29, 1.82) is 0 Å². The van der Waals surface area contributed by atoms with Crippen molar-refractivity contribution < 1.29 is 4.74 Å². The first kappa shape index (κ1) is 13.3. The van der Waals surface area contributed by atoms with Crippen molar-refractivity contribution in [2.45, 2.75) is 70.7 Å². The average molecular weight is 240 g/mol. The molecule has 0 bridgehead atoms. The Kier molecular flexibility index (Phi) is 4.83. The van der Waals surface area contributed by atoms with E-state index in [2.05, 4.69) is 31.0 Å². The Labute approximate surface area is 106 Å². The van der Waals surface area contributed by atoms with Crippen molar-refractivity contribution >= 4 is 0 Å². The summed E-state index contributed by atoms with van der Waals surface area (Å²) in [6, 6.07) is 1.55. The van der Waals surface area contributed by atoms with Crippen LogP contribution < -0.4 is 5.32 Å². The lowest BCUT2D eigenvalue weighted by molar-refractivity contribution is -0.0797. The molecule has 3 heteroatoms. The summed E-state index contributed by atoms with van der Waals surface area (Å²) in [5.41, 5.74) is 0. The fourth-order valence-corrected chi connectivity index (χ4v) is 3.34. The summed E-state index contributed by atoms with van der Waals surface area (Å²) in [7, 11) is 0. The zero-order valence-electron chi connectivity index (χ0n) is 11.6. The van der Waals surface area contributed by atoms with Gasteiger partial charge in [-0.3, -0.25) is 4.90 Å². The minimum atomic E-state index is 0.404. The molecule has 2 aliphatic rings. The highest BCUT2D eigenvalue weighted by Gasteiger charge is 2.32. The van der Waals surface area contributed by atoms with E-state index in [0.29, 0.717) is 12.2 Å². The quantitative estimate of drug-likeness (QED) is 0.813. The van der Waals surface area contributed by atoms with E-state index in [9.17, 15) is 0 Å². The average Bonchev–Trinajstić information content (AvgIpc) is 2.73. The molecule has 0 amide bonds. The van der Waals surface area contributed by atoms with Crippen LogP contribution in [0.25, 0.3) is 0 Å². The molecule has 2 fully saturated rings. The maximum absolute atomic E-state index is 5.81. The summed E-state index contributed by atoms with van der Waals surface area (Å²) in [6.07, 6.45) is 6.10. The van der Waals surface area contributed by atoms with Crippen LogP contribution in [0.3, 0.4) is 0 Å². The van der Waals surface area contributed by atoms with E-state index in [1.165, 1.54) is 32.2 Å². The molecule has 100 valence electrons. The van der Waals surface area contributed by atoms with Gasteiger partial charge in [0.05, 0.1) is 12.2 Å². The summed E-state index contributed by atoms with van der Waals surface area (Å²) >= 11 is 0. The Morgan fingerprint density at radius 1 is 1.18 bits per heavy atom. The van der Waals surface area contributed by atoms with Crippen LogP contribution in [0.4, 0.5) is 0 Å². The van der Waals surface area contributed by atoms with Crippen LogP contribution in [0.15, 0.2) is 0 Å². The normalized spacial score (nSPS) is 39.7. The third-order valence-corrected chi connectivity index (χ3v) is 4.05. The van der Waals surface area contributed by atoms with Crippen molar-refractivity contribution in [1.82, 2.24) is 10.2 Å². The van der Waals surface area contributed by atoms with Crippen LogP contribution >= 0.6 is 0 Å². The van der Waals surface area contributed by atoms with E-state index in [1.807, 2.05) is 0 Å². The van der Waals surface area contributed by atoms with Gasteiger partial charge >= 0.3 is 0 Å². The number of rotatable bonds is 4. The highest BCUT2D eigenvalue weighted by atomic mass is 16.5. The van der Waals surface area contributed by atoms with Gasteiger partial charge in [-0.15, -0.1) is 0 Å². The van der Waals surface area contributed by atoms with Crippen molar-refractivity contribution in [2.75, 3.05) is 19.6 Å². The molecule has 2 rings (SSSR count). The standard InChI is InChI=1S/C14H28N2O/c1-4-7-15-13-5-6-14(8-13)16-9-11(2)17-12(3)10-16/h11-15H,4-10H2,1-3H3/t11-,12+,13?,14?. The Morgan fingerprint density at radius 2 is 1.88 bits per heavy atom. The molecule has 0 aromatic rings. The highest BCUT2D eigenvalue weighted by molar-refractivity contribution is 4.89. The van der Waals surface area contributed by atoms with Gasteiger partial charge in [0.15, 0.2) is 0 Å². The fraction of sp³-hybridized carbons (Fsp3) is 1.00. The van der Waals surface area contributed by atoms with Gasteiger partial charge in [-0.1, -0.05) is 6.92 Å². The molecule has 0 aromatic heterocycles. The zero-order valence-corrected chi connectivity index (χ0v) is 11.6. The molecule has 1 saturated carbocycles. The van der Waals surface area contributed by atoms with Gasteiger partial charge in [-0.05, 0) is 46.1 Å². The largest absolute Gasteiger partial charge is 0.373 e. The lowest BCUT2D eigenvalue weighted by Gasteiger charge is -2.39. The molecule has 0 aromatic carbocycles. The SMILES string of the molecule is CCCNC1CCC(N2C[C@@H](C)O[C@@H](C)C2)C1. The molecule has 17 heavy (non-hydrogen) atoms. The minimum absolute atomic E-state index is 0.404. The number of nitrogens with zero attached hydrogens (tertiary/aromatic N) is 1. The van der Waals surface area contributed by atoms with Crippen LogP contribution in [-0.2, 0) is 4.74 Å². The van der Waals surface area contributed by atoms with E-state index in [4.69, 9.17) is 4.74 Å². The molecule has 0 spiro atoms. The summed E-state index contributed by atoms with van der Waals surface area (Å²) in [4.78, 5) is 2.66. The monoisotopic (exact) mass is 240 g/mol. The van der Waals surface area contributed by atoms with Crippen molar-refractivity contribution in [3.05, 3.63) is 0 Å². The summed E-state index contributed by atoms with van der Waals surface area (Å²) in [6.45, 7) is 10.1. The summed E-state index contributed by atoms with van der Waals surface area (Å²) in [5, 5.41) is 3.66. The van der Waals surface area contributed by atoms with Crippen LogP contribution in [0.1, 0.15) is 46.5 Å². The molecular formula is C14H28N2O. The maximum atomic E-state index is 5.81. The van der Waals surface area contributed by atoms with E-state index >= 15 is 0 Å². The number of ether oxygens (including phenoxy) is 1. The third-order valence-electron chi connectivity index (χ3n) is 4.05. The van der Waals surface area contributed by atoms with Crippen molar-refractivity contribution in [2.24, 2.45) is 0 Å². The third kappa shape index (κ3) is 3.67. The van der Waals surface area contributed by atoms with Gasteiger partial charge in [0.1, 0.15) is 0 Å². The fourth-order valence-electron chi connectivity index (χ4n) is 3.34. The molecule has 1 heterocycles. The van der Waals surface area contributed by atoms with Crippen molar-refractivity contribution in [3.8, 4) is 0 Å². The Bertz CT molecular complexity index is 224. The number of hydrogen-bond donors (Lipinski definition) is 1. The van der Waals surface area contributed by atoms with Crippen LogP contribution in [0.5, 0.6) is 0 Å². The lowest BCUT2D eigenvalue weighted by Crippen LogP contribution is -2.49. The molecule has 1 aliphatic carbocycles. The van der Waals surface area contributed by atoms with Gasteiger partial charge in [0.25, 0.3) is 0 Å². The zero-order chi connectivity index (χ0) is 12.3. The summed E-state index contributed by atoms with van der Waals surface area (Å²) in [5.74, 6) is 0. The van der Waals surface area contributed by atoms with E-state index in [-0.39, 0.29) is 0 Å². The first-order chi connectivity index (χ1) is 8.19. The molecule has 1 aliphatic heterocycles. The highest BCUT2D eigenvalue weighted by Crippen LogP contribution is 2.26. The Hall–Kier alpha value is -0.120. The Morgan fingerprint density at radius 3 is 2.53 bits per heavy atom. The first-order valence-electron chi connectivity index (χ1n) is 7.32. The smallest absolute Gasteiger partial charge is 0.0678 e. The molecule has 0 radical (unpaired) electrons. The van der Waals surface area contributed by atoms with Gasteiger partial charge in [0, 0.05) is 25.2 Å². The topological polar surface area (TPSA) is 24.5 Å². The van der Waals surface area contributed by atoms with Crippen LogP contribution in [-0.4, -0.2) is 48.8 Å². The number of morpholine rings is 1. The van der Waals surface area contributed by atoms with E-state index < -0.39 is 0 Å². The van der Waals surface area contributed by atoms with Gasteiger partial charge < -0.3 is 10.1 Å². The van der Waals surface area contributed by atoms with Crippen LogP contribution in [0.2, 0.25) is 0 Å². The molecule has 2 unspecified atom stereocenters. The second-order valence-electron chi connectivity index (χ2n) is 5.83. The predicted molar refractivity (Wildman–Crippen MR) is 71.3 cm³/mol. The summed E-state index contributed by atoms with van der Waals surface area (Å²) < 4.78 is 5.81. The molecule has 1 N–H and O–H groups in total. The predicted octanol–water partition coefficient (Wildman–Crippen LogP) is 2.02. The van der Waals surface area contributed by atoms with E-state index in [0.717, 1.165) is 25.2 Å². The van der Waals surface area contributed by atoms with Crippen LogP contribution in [0, 0.1) is 0 Å². The van der Waals surface area contributed by atoms with Crippen molar-refractivity contribution in [3.63, 3.8) is 0 Å². The second kappa shape index (κ2) is 6.17. The Balaban J connectivity index is 1.79. The molecule has 1 saturated heterocycles. The van der Waals surface area contributed by atoms with E-state index in [1.54, 1.807) is 0 Å². The van der Waals surface area contributed by atoms with Gasteiger partial charge in [0.2, 0.25) is 0 Å².